The van der Waals surface area contributed by atoms with Gasteiger partial charge < -0.3 is 80.0 Å². The first-order chi connectivity index (χ1) is 39.0. The maximum absolute atomic E-state index is 13.6. The van der Waals surface area contributed by atoms with Crippen LogP contribution in [0.4, 0.5) is 9.59 Å². The van der Waals surface area contributed by atoms with Crippen LogP contribution in [0.15, 0.2) is 36.4 Å². The van der Waals surface area contributed by atoms with Gasteiger partial charge in [0.05, 0.1) is 26.4 Å². The standard InChI is InChI=1S/C58H88N6O18S2/c1-53(2,3)81-51(73)63-39(29-35-17-15-19-41-37(35)31-77-57(11,12)79-41)49(71)75-33-55(7,8)45(67)47(69)61-23-21-43(65)59-25-27-83-84-28-26-60-44(66)22-24-62-48(70)46(68)56(9,10)34-76-50(72)40(64-52(74)82-54(4,5)6)30-36-18-16-20-42-38(36)32-78-58(13,14)80-42/h15-20,39-40,45-46,67-68H,21-34H2,1-14H3,(H,59,65)(H,60,66)(H,61,69)(H,62,70)(H,63,73)(H,64,74)/t39-,40-,45-,46-/m0/s1. The molecule has 0 fully saturated rings. The minimum atomic E-state index is -1.63. The van der Waals surface area contributed by atoms with Gasteiger partial charge in [0.25, 0.3) is 0 Å². The molecule has 0 aromatic heterocycles. The molecule has 0 saturated carbocycles. The summed E-state index contributed by atoms with van der Waals surface area (Å²) in [5, 5.41) is 37.7. The number of fused-ring (bicyclic) bond motifs is 2. The van der Waals surface area contributed by atoms with Crippen LogP contribution in [-0.2, 0) is 83.2 Å². The zero-order valence-corrected chi connectivity index (χ0v) is 52.5. The van der Waals surface area contributed by atoms with E-state index < -0.39 is 107 Å². The average molecular weight is 1220 g/mol. The van der Waals surface area contributed by atoms with E-state index in [1.54, 1.807) is 106 Å². The van der Waals surface area contributed by atoms with Crippen LogP contribution in [0.1, 0.15) is 132 Å². The Morgan fingerprint density at radius 2 is 0.905 bits per heavy atom. The van der Waals surface area contributed by atoms with Gasteiger partial charge in [-0.1, -0.05) is 73.5 Å². The number of esters is 2. The maximum Gasteiger partial charge on any atom is 0.408 e. The molecule has 8 N–H and O–H groups in total. The minimum Gasteiger partial charge on any atom is -0.463 e. The quantitative estimate of drug-likeness (QED) is 0.0229. The van der Waals surface area contributed by atoms with E-state index in [-0.39, 0.29) is 63.8 Å². The number of carbonyl (C=O) groups is 8. The second-order valence-electron chi connectivity index (χ2n) is 24.6. The number of rotatable bonds is 29. The van der Waals surface area contributed by atoms with E-state index in [0.717, 1.165) is 0 Å². The van der Waals surface area contributed by atoms with Crippen molar-refractivity contribution < 1.29 is 86.5 Å². The van der Waals surface area contributed by atoms with Gasteiger partial charge in [0.2, 0.25) is 35.2 Å². The van der Waals surface area contributed by atoms with Crippen molar-refractivity contribution >= 4 is 69.3 Å². The molecule has 2 aromatic rings. The summed E-state index contributed by atoms with van der Waals surface area (Å²) >= 11 is 0. The third-order valence-electron chi connectivity index (χ3n) is 12.6. The van der Waals surface area contributed by atoms with E-state index in [0.29, 0.717) is 58.3 Å². The van der Waals surface area contributed by atoms with Crippen molar-refractivity contribution in [2.45, 2.75) is 183 Å². The summed E-state index contributed by atoms with van der Waals surface area (Å²) in [5.41, 5.74) is -1.52. The van der Waals surface area contributed by atoms with E-state index in [2.05, 4.69) is 31.9 Å². The highest BCUT2D eigenvalue weighted by molar-refractivity contribution is 8.76. The Kier molecular flexibility index (Phi) is 25.9. The summed E-state index contributed by atoms with van der Waals surface area (Å²) in [6, 6.07) is 8.25. The van der Waals surface area contributed by atoms with Crippen LogP contribution in [0.25, 0.3) is 0 Å². The Hall–Kier alpha value is -6.06. The van der Waals surface area contributed by atoms with E-state index in [9.17, 15) is 48.6 Å². The predicted molar refractivity (Wildman–Crippen MR) is 313 cm³/mol. The van der Waals surface area contributed by atoms with E-state index >= 15 is 0 Å². The Morgan fingerprint density at radius 3 is 1.25 bits per heavy atom. The first-order valence-corrected chi connectivity index (χ1v) is 30.3. The largest absolute Gasteiger partial charge is 0.463 e. The molecule has 4 rings (SSSR count). The van der Waals surface area contributed by atoms with Gasteiger partial charge >= 0.3 is 24.1 Å². The van der Waals surface area contributed by atoms with Crippen molar-refractivity contribution in [1.82, 2.24) is 31.9 Å². The number of alkyl carbamates (subject to hydrolysis) is 2. The van der Waals surface area contributed by atoms with E-state index in [4.69, 9.17) is 37.9 Å². The molecule has 470 valence electrons. The van der Waals surface area contributed by atoms with Gasteiger partial charge in [-0.3, -0.25) is 19.2 Å². The summed E-state index contributed by atoms with van der Waals surface area (Å²) in [6.45, 7) is 23.5. The van der Waals surface area contributed by atoms with Crippen LogP contribution >= 0.6 is 21.6 Å². The fourth-order valence-electron chi connectivity index (χ4n) is 8.06. The molecule has 0 unspecified atom stereocenters. The highest BCUT2D eigenvalue weighted by Gasteiger charge is 2.39. The molecule has 2 aromatic carbocycles. The number of aliphatic hydroxyl groups is 2. The summed E-state index contributed by atoms with van der Waals surface area (Å²) in [5.74, 6) is -3.33. The number of benzene rings is 2. The summed E-state index contributed by atoms with van der Waals surface area (Å²) in [7, 11) is 2.94. The van der Waals surface area contributed by atoms with Gasteiger partial charge in [0.15, 0.2) is 0 Å². The van der Waals surface area contributed by atoms with Crippen LogP contribution in [0.3, 0.4) is 0 Å². The second kappa shape index (κ2) is 30.8. The highest BCUT2D eigenvalue weighted by Crippen LogP contribution is 2.36. The number of aliphatic hydroxyl groups excluding tert-OH is 2. The van der Waals surface area contributed by atoms with E-state index in [1.165, 1.54) is 49.3 Å². The first-order valence-electron chi connectivity index (χ1n) is 27.9. The normalized spacial score (nSPS) is 16.0. The molecule has 6 amide bonds. The lowest BCUT2D eigenvalue weighted by Crippen LogP contribution is -2.49. The van der Waals surface area contributed by atoms with Crippen LogP contribution in [-0.4, -0.2) is 156 Å². The summed E-state index contributed by atoms with van der Waals surface area (Å²) in [4.78, 5) is 104. The van der Waals surface area contributed by atoms with Gasteiger partial charge in [-0.2, -0.15) is 0 Å². The lowest BCUT2D eigenvalue weighted by Gasteiger charge is -2.34. The Morgan fingerprint density at radius 1 is 0.548 bits per heavy atom. The zero-order valence-electron chi connectivity index (χ0n) is 50.9. The van der Waals surface area contributed by atoms with Gasteiger partial charge in [0, 0.05) is 113 Å². The molecule has 2 aliphatic heterocycles. The highest BCUT2D eigenvalue weighted by atomic mass is 33.1. The van der Waals surface area contributed by atoms with Crippen LogP contribution in [0.5, 0.6) is 11.5 Å². The SMILES string of the molecule is CC(C)(C)OC(=O)N[C@@H](Cc1cccc2c1COC(C)(C)O2)C(=O)OCC(C)(C)[C@@H](O)C(=O)NCCC(=O)NCCSSCCNC(=O)CCNC(=O)[C@H](O)C(C)(C)COC(=O)[C@H](Cc1cccc2c1COC(C)(C)O2)NC(=O)OC(C)(C)C. The van der Waals surface area contributed by atoms with Crippen LogP contribution in [0, 0.1) is 10.8 Å². The molecule has 2 heterocycles. The molecule has 2 aliphatic rings. The summed E-state index contributed by atoms with van der Waals surface area (Å²) < 4.78 is 45.6. The molecule has 84 heavy (non-hydrogen) atoms. The van der Waals surface area contributed by atoms with Crippen molar-refractivity contribution in [3.8, 4) is 11.5 Å². The lowest BCUT2D eigenvalue weighted by molar-refractivity contribution is -0.180. The number of hydrogen-bond donors (Lipinski definition) is 8. The molecule has 0 spiro atoms. The number of nitrogens with one attached hydrogen (secondary N) is 6. The predicted octanol–water partition coefficient (Wildman–Crippen LogP) is 5.04. The maximum atomic E-state index is 13.6. The monoisotopic (exact) mass is 1220 g/mol. The van der Waals surface area contributed by atoms with Crippen molar-refractivity contribution in [3.63, 3.8) is 0 Å². The van der Waals surface area contributed by atoms with Gasteiger partial charge in [-0.15, -0.1) is 0 Å². The van der Waals surface area contributed by atoms with Gasteiger partial charge in [-0.05, 0) is 64.8 Å². The topological polar surface area (TPSA) is 323 Å². The van der Waals surface area contributed by atoms with Crippen molar-refractivity contribution in [3.05, 3.63) is 58.7 Å². The zero-order chi connectivity index (χ0) is 62.8. The second-order valence-corrected chi connectivity index (χ2v) is 27.3. The van der Waals surface area contributed by atoms with Crippen LogP contribution in [0.2, 0.25) is 0 Å². The lowest BCUT2D eigenvalue weighted by atomic mass is 9.87. The number of ether oxygens (including phenoxy) is 8. The number of hydrogen-bond acceptors (Lipinski definition) is 20. The Bertz CT molecular complexity index is 2440. The van der Waals surface area contributed by atoms with Crippen molar-refractivity contribution in [2.24, 2.45) is 10.8 Å². The molecule has 4 atom stereocenters. The molecular formula is C58H88N6O18S2. The first kappa shape index (κ1) is 70.4. The third-order valence-corrected chi connectivity index (χ3v) is 15.1. The van der Waals surface area contributed by atoms with Gasteiger partial charge in [-0.25, -0.2) is 19.2 Å². The smallest absolute Gasteiger partial charge is 0.408 e. The average Bonchev–Trinajstić information content (AvgIpc) is 2.32. The molecule has 0 radical (unpaired) electrons. The molecule has 26 heteroatoms. The van der Waals surface area contributed by atoms with E-state index in [1.807, 2.05) is 0 Å². The molecular weight excluding hydrogens is 1130 g/mol. The molecule has 24 nitrogen and oxygen atoms in total. The van der Waals surface area contributed by atoms with Crippen LogP contribution < -0.4 is 41.4 Å². The molecule has 0 aliphatic carbocycles. The van der Waals surface area contributed by atoms with Crippen molar-refractivity contribution in [2.75, 3.05) is 50.9 Å². The summed E-state index contributed by atoms with van der Waals surface area (Å²) in [6.07, 6.45) is -5.09. The molecule has 0 saturated heterocycles. The van der Waals surface area contributed by atoms with Gasteiger partial charge in [0.1, 0.15) is 47.0 Å². The third kappa shape index (κ3) is 24.1. The number of amides is 6. The Balaban J connectivity index is 1.09. The van der Waals surface area contributed by atoms with Crippen molar-refractivity contribution in [1.29, 1.82) is 0 Å². The Labute approximate surface area is 500 Å². The fourth-order valence-corrected chi connectivity index (χ4v) is 9.88. The fraction of sp³-hybridized carbons (Fsp3) is 0.655. The molecule has 0 bridgehead atoms. The number of carbonyl (C=O) groups excluding carboxylic acids is 8. The minimum absolute atomic E-state index is 0.000148.